The average Bonchev–Trinajstić information content (AvgIpc) is 2.20. The van der Waals surface area contributed by atoms with Crippen LogP contribution in [0.2, 0.25) is 5.02 Å². The number of guanidine groups is 1. The maximum atomic E-state index is 5.97. The third-order valence-corrected chi connectivity index (χ3v) is 2.20. The molecular weight excluding hydrogens is 212 g/mol. The normalized spacial score (nSPS) is 10.5. The third kappa shape index (κ3) is 3.59. The van der Waals surface area contributed by atoms with Gasteiger partial charge in [0.25, 0.3) is 0 Å². The monoisotopic (exact) mass is 224 g/mol. The van der Waals surface area contributed by atoms with Gasteiger partial charge in [-0.3, -0.25) is 0 Å². The quantitative estimate of drug-likeness (QED) is 0.464. The smallest absolute Gasteiger partial charge is 0.211 e. The van der Waals surface area contributed by atoms with E-state index in [0.717, 1.165) is 22.6 Å². The first kappa shape index (κ1) is 11.5. The maximum Gasteiger partial charge on any atom is 0.211 e. The fourth-order valence-electron chi connectivity index (χ4n) is 1.11. The Hall–Kier alpha value is -1.55. The van der Waals surface area contributed by atoms with Crippen LogP contribution in [-0.4, -0.2) is 12.2 Å². The van der Waals surface area contributed by atoms with Crippen LogP contribution in [0.15, 0.2) is 28.4 Å². The Kier molecular flexibility index (Phi) is 4.12. The van der Waals surface area contributed by atoms with Crippen LogP contribution in [0.4, 0.5) is 0 Å². The Bertz CT molecular complexity index is 394. The van der Waals surface area contributed by atoms with Gasteiger partial charge in [-0.05, 0) is 29.7 Å². The zero-order chi connectivity index (χ0) is 11.3. The minimum atomic E-state index is -0.0593. The lowest BCUT2D eigenvalue weighted by Crippen LogP contribution is -2.21. The Labute approximate surface area is 93.6 Å². The molecule has 0 unspecified atom stereocenters. The first-order chi connectivity index (χ1) is 7.13. The van der Waals surface area contributed by atoms with Crippen LogP contribution in [-0.2, 0) is 6.42 Å². The fraction of sp³-hybridized carbons (Fsp3) is 0.200. The van der Waals surface area contributed by atoms with Crippen molar-refractivity contribution in [2.45, 2.75) is 13.3 Å². The van der Waals surface area contributed by atoms with Crippen LogP contribution < -0.4 is 11.5 Å². The second-order valence-electron chi connectivity index (χ2n) is 2.97. The number of rotatable bonds is 3. The van der Waals surface area contributed by atoms with Gasteiger partial charge in [0.05, 0.1) is 6.21 Å². The van der Waals surface area contributed by atoms with Gasteiger partial charge in [0.15, 0.2) is 0 Å². The molecule has 4 N–H and O–H groups in total. The minimum absolute atomic E-state index is 0.0593. The fourth-order valence-corrected chi connectivity index (χ4v) is 1.36. The summed E-state index contributed by atoms with van der Waals surface area (Å²) in [5.41, 5.74) is 12.3. The van der Waals surface area contributed by atoms with Crippen molar-refractivity contribution in [3.63, 3.8) is 0 Å². The Morgan fingerprint density at radius 3 is 2.80 bits per heavy atom. The highest BCUT2D eigenvalue weighted by molar-refractivity contribution is 6.31. The van der Waals surface area contributed by atoms with Crippen molar-refractivity contribution in [2.75, 3.05) is 0 Å². The predicted octanol–water partition coefficient (Wildman–Crippen LogP) is 1.51. The summed E-state index contributed by atoms with van der Waals surface area (Å²) in [7, 11) is 0. The molecule has 0 bridgehead atoms. The van der Waals surface area contributed by atoms with Crippen molar-refractivity contribution in [1.29, 1.82) is 0 Å². The van der Waals surface area contributed by atoms with Gasteiger partial charge >= 0.3 is 0 Å². The van der Waals surface area contributed by atoms with E-state index in [9.17, 15) is 0 Å². The Morgan fingerprint density at radius 2 is 2.20 bits per heavy atom. The molecule has 5 heteroatoms. The van der Waals surface area contributed by atoms with Crippen molar-refractivity contribution >= 4 is 23.8 Å². The molecule has 0 saturated heterocycles. The molecule has 0 fully saturated rings. The van der Waals surface area contributed by atoms with Crippen molar-refractivity contribution in [1.82, 2.24) is 0 Å². The van der Waals surface area contributed by atoms with E-state index in [-0.39, 0.29) is 5.96 Å². The maximum absolute atomic E-state index is 5.97. The van der Waals surface area contributed by atoms with Crippen molar-refractivity contribution in [3.05, 3.63) is 34.3 Å². The van der Waals surface area contributed by atoms with Crippen LogP contribution in [0.25, 0.3) is 0 Å². The zero-order valence-electron chi connectivity index (χ0n) is 8.44. The molecule has 0 atom stereocenters. The minimum Gasteiger partial charge on any atom is -0.369 e. The zero-order valence-corrected chi connectivity index (χ0v) is 9.20. The molecule has 1 aromatic carbocycles. The molecule has 0 aliphatic heterocycles. The van der Waals surface area contributed by atoms with Gasteiger partial charge in [0.1, 0.15) is 0 Å². The highest BCUT2D eigenvalue weighted by Gasteiger charge is 1.97. The molecule has 0 heterocycles. The largest absolute Gasteiger partial charge is 0.369 e. The summed E-state index contributed by atoms with van der Waals surface area (Å²) in [6.45, 7) is 2.04. The number of hydrogen-bond donors (Lipinski definition) is 2. The van der Waals surface area contributed by atoms with E-state index in [1.165, 1.54) is 0 Å². The SMILES string of the molecule is CCc1cc(C=NN=C(N)N)ccc1Cl. The third-order valence-electron chi connectivity index (χ3n) is 1.83. The van der Waals surface area contributed by atoms with Crippen LogP contribution in [0.3, 0.4) is 0 Å². The van der Waals surface area contributed by atoms with E-state index in [1.54, 1.807) is 6.21 Å². The van der Waals surface area contributed by atoms with Crippen LogP contribution in [0, 0.1) is 0 Å². The van der Waals surface area contributed by atoms with Crippen molar-refractivity contribution < 1.29 is 0 Å². The van der Waals surface area contributed by atoms with E-state index >= 15 is 0 Å². The number of nitrogens with zero attached hydrogens (tertiary/aromatic N) is 2. The topological polar surface area (TPSA) is 76.8 Å². The molecule has 0 amide bonds. The molecule has 15 heavy (non-hydrogen) atoms. The molecule has 0 radical (unpaired) electrons. The summed E-state index contributed by atoms with van der Waals surface area (Å²) in [6.07, 6.45) is 2.46. The first-order valence-corrected chi connectivity index (χ1v) is 4.91. The van der Waals surface area contributed by atoms with Gasteiger partial charge in [0, 0.05) is 5.02 Å². The van der Waals surface area contributed by atoms with E-state index in [2.05, 4.69) is 10.2 Å². The van der Waals surface area contributed by atoms with Gasteiger partial charge in [-0.25, -0.2) is 0 Å². The highest BCUT2D eigenvalue weighted by atomic mass is 35.5. The summed E-state index contributed by atoms with van der Waals surface area (Å²) in [6, 6.07) is 5.64. The molecule has 80 valence electrons. The number of aryl methyl sites for hydroxylation is 1. The van der Waals surface area contributed by atoms with Gasteiger partial charge in [-0.15, -0.1) is 5.10 Å². The molecule has 0 spiro atoms. The van der Waals surface area contributed by atoms with Gasteiger partial charge in [-0.1, -0.05) is 24.6 Å². The molecule has 1 rings (SSSR count). The van der Waals surface area contributed by atoms with Crippen molar-refractivity contribution in [3.8, 4) is 0 Å². The highest BCUT2D eigenvalue weighted by Crippen LogP contribution is 2.17. The number of hydrogen-bond acceptors (Lipinski definition) is 2. The van der Waals surface area contributed by atoms with E-state index in [4.69, 9.17) is 23.1 Å². The first-order valence-electron chi connectivity index (χ1n) is 4.54. The van der Waals surface area contributed by atoms with E-state index in [0.29, 0.717) is 0 Å². The van der Waals surface area contributed by atoms with Crippen LogP contribution >= 0.6 is 11.6 Å². The summed E-state index contributed by atoms with van der Waals surface area (Å²) < 4.78 is 0. The lowest BCUT2D eigenvalue weighted by Gasteiger charge is -2.01. The summed E-state index contributed by atoms with van der Waals surface area (Å²) in [5.74, 6) is -0.0593. The second kappa shape index (κ2) is 5.36. The Balaban J connectivity index is 2.87. The number of halogens is 1. The lowest BCUT2D eigenvalue weighted by atomic mass is 10.1. The summed E-state index contributed by atoms with van der Waals surface area (Å²) >= 11 is 5.97. The van der Waals surface area contributed by atoms with E-state index < -0.39 is 0 Å². The summed E-state index contributed by atoms with van der Waals surface area (Å²) in [4.78, 5) is 0. The van der Waals surface area contributed by atoms with Gasteiger partial charge in [-0.2, -0.15) is 5.10 Å². The van der Waals surface area contributed by atoms with Crippen LogP contribution in [0.1, 0.15) is 18.1 Å². The molecule has 0 aliphatic carbocycles. The predicted molar refractivity (Wildman–Crippen MR) is 64.2 cm³/mol. The van der Waals surface area contributed by atoms with E-state index in [1.807, 2.05) is 25.1 Å². The summed E-state index contributed by atoms with van der Waals surface area (Å²) in [5, 5.41) is 7.98. The van der Waals surface area contributed by atoms with Crippen molar-refractivity contribution in [2.24, 2.45) is 21.7 Å². The standard InChI is InChI=1S/C10H13ClN4/c1-2-8-5-7(3-4-9(8)11)6-14-15-10(12)13/h3-6H,2H2,1H3,(H4,12,13,15). The molecule has 0 aliphatic rings. The van der Waals surface area contributed by atoms with Crippen LogP contribution in [0.5, 0.6) is 0 Å². The average molecular weight is 225 g/mol. The number of benzene rings is 1. The lowest BCUT2D eigenvalue weighted by molar-refractivity contribution is 1.14. The van der Waals surface area contributed by atoms with Gasteiger partial charge in [0.2, 0.25) is 5.96 Å². The molecule has 4 nitrogen and oxygen atoms in total. The molecular formula is C10H13ClN4. The molecule has 1 aromatic rings. The second-order valence-corrected chi connectivity index (χ2v) is 3.38. The molecule has 0 saturated carbocycles. The van der Waals surface area contributed by atoms with Gasteiger partial charge < -0.3 is 11.5 Å². The Morgan fingerprint density at radius 1 is 1.47 bits per heavy atom. The molecule has 0 aromatic heterocycles. The number of nitrogens with two attached hydrogens (primary N) is 2.